The molecule has 1 aliphatic rings. The lowest BCUT2D eigenvalue weighted by Gasteiger charge is -2.18. The standard InChI is InChI=1S/C17H28N2O/c1-3-15-12-16(19(4-2)18-15)13-17(20)14-10-8-6-5-7-9-11-14/h12,14H,3-11,13H2,1-2H3. The molecule has 0 unspecified atom stereocenters. The van der Waals surface area contributed by atoms with E-state index in [9.17, 15) is 4.79 Å². The second kappa shape index (κ2) is 7.61. The maximum Gasteiger partial charge on any atom is 0.141 e. The lowest BCUT2D eigenvalue weighted by atomic mass is 9.86. The molecule has 0 amide bonds. The van der Waals surface area contributed by atoms with E-state index in [1.54, 1.807) is 0 Å². The fourth-order valence-electron chi connectivity index (χ4n) is 3.20. The summed E-state index contributed by atoms with van der Waals surface area (Å²) >= 11 is 0. The van der Waals surface area contributed by atoms with Crippen LogP contribution in [0.3, 0.4) is 0 Å². The van der Waals surface area contributed by atoms with Crippen molar-refractivity contribution >= 4 is 5.78 Å². The van der Waals surface area contributed by atoms with Crippen LogP contribution in [0.5, 0.6) is 0 Å². The van der Waals surface area contributed by atoms with Gasteiger partial charge in [0.05, 0.1) is 5.69 Å². The van der Waals surface area contributed by atoms with Crippen molar-refractivity contribution in [1.82, 2.24) is 9.78 Å². The van der Waals surface area contributed by atoms with Crippen molar-refractivity contribution in [3.05, 3.63) is 17.5 Å². The first kappa shape index (κ1) is 15.3. The average Bonchev–Trinajstić information content (AvgIpc) is 2.80. The van der Waals surface area contributed by atoms with E-state index >= 15 is 0 Å². The molecule has 1 fully saturated rings. The highest BCUT2D eigenvalue weighted by Gasteiger charge is 2.21. The number of carbonyl (C=O) groups is 1. The first-order valence-electron chi connectivity index (χ1n) is 8.32. The van der Waals surface area contributed by atoms with Crippen molar-refractivity contribution in [1.29, 1.82) is 0 Å². The van der Waals surface area contributed by atoms with Crippen LogP contribution in [0.15, 0.2) is 6.07 Å². The highest BCUT2D eigenvalue weighted by atomic mass is 16.1. The third kappa shape index (κ3) is 3.94. The summed E-state index contributed by atoms with van der Waals surface area (Å²) < 4.78 is 2.00. The van der Waals surface area contributed by atoms with E-state index in [1.165, 1.54) is 32.1 Å². The van der Waals surface area contributed by atoms with Gasteiger partial charge in [-0.05, 0) is 32.3 Å². The fourth-order valence-corrected chi connectivity index (χ4v) is 3.20. The number of nitrogens with zero attached hydrogens (tertiary/aromatic N) is 2. The van der Waals surface area contributed by atoms with Gasteiger partial charge in [0.2, 0.25) is 0 Å². The Morgan fingerprint density at radius 2 is 1.85 bits per heavy atom. The molecule has 3 heteroatoms. The molecule has 0 saturated heterocycles. The molecule has 20 heavy (non-hydrogen) atoms. The molecular weight excluding hydrogens is 248 g/mol. The predicted molar refractivity (Wildman–Crippen MR) is 81.8 cm³/mol. The van der Waals surface area contributed by atoms with Crippen molar-refractivity contribution in [3.8, 4) is 0 Å². The molecular formula is C17H28N2O. The van der Waals surface area contributed by atoms with Gasteiger partial charge in [-0.1, -0.05) is 39.0 Å². The Hall–Kier alpha value is -1.12. The summed E-state index contributed by atoms with van der Waals surface area (Å²) in [4.78, 5) is 12.6. The Morgan fingerprint density at radius 3 is 2.45 bits per heavy atom. The molecule has 1 aliphatic carbocycles. The minimum atomic E-state index is 0.292. The van der Waals surface area contributed by atoms with Crippen LogP contribution in [0.25, 0.3) is 0 Å². The van der Waals surface area contributed by atoms with Crippen LogP contribution in [0, 0.1) is 5.92 Å². The quantitative estimate of drug-likeness (QED) is 0.816. The molecule has 0 N–H and O–H groups in total. The molecule has 0 atom stereocenters. The number of hydrogen-bond acceptors (Lipinski definition) is 2. The number of hydrogen-bond donors (Lipinski definition) is 0. The zero-order chi connectivity index (χ0) is 14.4. The maximum absolute atomic E-state index is 12.6. The summed E-state index contributed by atoms with van der Waals surface area (Å²) in [5.41, 5.74) is 2.21. The summed E-state index contributed by atoms with van der Waals surface area (Å²) in [5.74, 6) is 0.727. The van der Waals surface area contributed by atoms with E-state index in [-0.39, 0.29) is 0 Å². The molecule has 112 valence electrons. The van der Waals surface area contributed by atoms with Crippen LogP contribution in [-0.2, 0) is 24.2 Å². The van der Waals surface area contributed by atoms with Gasteiger partial charge in [0.1, 0.15) is 5.78 Å². The minimum Gasteiger partial charge on any atom is -0.299 e. The lowest BCUT2D eigenvalue weighted by molar-refractivity contribution is -0.122. The topological polar surface area (TPSA) is 34.9 Å². The van der Waals surface area contributed by atoms with Crippen LogP contribution in [0.4, 0.5) is 0 Å². The highest BCUT2D eigenvalue weighted by molar-refractivity contribution is 5.82. The number of rotatable bonds is 5. The van der Waals surface area contributed by atoms with E-state index in [0.717, 1.165) is 37.2 Å². The zero-order valence-corrected chi connectivity index (χ0v) is 13.0. The molecule has 0 radical (unpaired) electrons. The molecule has 0 spiro atoms. The second-order valence-electron chi connectivity index (χ2n) is 5.98. The van der Waals surface area contributed by atoms with E-state index in [0.29, 0.717) is 18.1 Å². The number of aryl methyl sites for hydroxylation is 2. The molecule has 0 aromatic carbocycles. The zero-order valence-electron chi connectivity index (χ0n) is 13.0. The summed E-state index contributed by atoms with van der Waals surface area (Å²) in [7, 11) is 0. The van der Waals surface area contributed by atoms with Crippen LogP contribution in [0.2, 0.25) is 0 Å². The molecule has 1 saturated carbocycles. The van der Waals surface area contributed by atoms with Crippen molar-refractivity contribution in [2.75, 3.05) is 0 Å². The Balaban J connectivity index is 2.00. The molecule has 2 rings (SSSR count). The number of ketones is 1. The van der Waals surface area contributed by atoms with Crippen molar-refractivity contribution in [2.24, 2.45) is 5.92 Å². The molecule has 1 heterocycles. The smallest absolute Gasteiger partial charge is 0.141 e. The van der Waals surface area contributed by atoms with E-state index in [2.05, 4.69) is 25.0 Å². The van der Waals surface area contributed by atoms with Gasteiger partial charge in [0.15, 0.2) is 0 Å². The van der Waals surface area contributed by atoms with Gasteiger partial charge < -0.3 is 0 Å². The van der Waals surface area contributed by atoms with Gasteiger partial charge in [-0.3, -0.25) is 9.48 Å². The third-order valence-electron chi connectivity index (χ3n) is 4.49. The van der Waals surface area contributed by atoms with Gasteiger partial charge in [-0.15, -0.1) is 0 Å². The Kier molecular flexibility index (Phi) is 5.81. The maximum atomic E-state index is 12.6. The second-order valence-corrected chi connectivity index (χ2v) is 5.98. The summed E-state index contributed by atoms with van der Waals surface area (Å²) in [6.45, 7) is 5.06. The SMILES string of the molecule is CCc1cc(CC(=O)C2CCCCCCC2)n(CC)n1. The van der Waals surface area contributed by atoms with Gasteiger partial charge in [0, 0.05) is 24.6 Å². The van der Waals surface area contributed by atoms with Gasteiger partial charge >= 0.3 is 0 Å². The minimum absolute atomic E-state index is 0.292. The number of Topliss-reactive ketones (excluding diaryl/α,β-unsaturated/α-hetero) is 1. The van der Waals surface area contributed by atoms with E-state index in [1.807, 2.05) is 4.68 Å². The fraction of sp³-hybridized carbons (Fsp3) is 0.765. The first-order valence-corrected chi connectivity index (χ1v) is 8.32. The molecule has 3 nitrogen and oxygen atoms in total. The predicted octanol–water partition coefficient (Wildman–Crippen LogP) is 3.94. The van der Waals surface area contributed by atoms with Crippen LogP contribution < -0.4 is 0 Å². The van der Waals surface area contributed by atoms with Gasteiger partial charge in [-0.25, -0.2) is 0 Å². The van der Waals surface area contributed by atoms with Gasteiger partial charge in [0.25, 0.3) is 0 Å². The average molecular weight is 276 g/mol. The van der Waals surface area contributed by atoms with Crippen LogP contribution >= 0.6 is 0 Å². The summed E-state index contributed by atoms with van der Waals surface area (Å²) in [5, 5.41) is 4.54. The monoisotopic (exact) mass is 276 g/mol. The Bertz CT molecular complexity index is 428. The highest BCUT2D eigenvalue weighted by Crippen LogP contribution is 2.24. The third-order valence-corrected chi connectivity index (χ3v) is 4.49. The van der Waals surface area contributed by atoms with Crippen LogP contribution in [0.1, 0.15) is 70.2 Å². The summed E-state index contributed by atoms with van der Waals surface area (Å²) in [6.07, 6.45) is 10.1. The van der Waals surface area contributed by atoms with Crippen molar-refractivity contribution in [3.63, 3.8) is 0 Å². The molecule has 0 bridgehead atoms. The first-order chi connectivity index (χ1) is 9.74. The normalized spacial score (nSPS) is 17.7. The van der Waals surface area contributed by atoms with Crippen molar-refractivity contribution in [2.45, 2.75) is 78.2 Å². The lowest BCUT2D eigenvalue weighted by Crippen LogP contribution is -2.19. The largest absolute Gasteiger partial charge is 0.299 e. The Labute approximate surface area is 122 Å². The molecule has 1 aromatic rings. The Morgan fingerprint density at radius 1 is 1.20 bits per heavy atom. The van der Waals surface area contributed by atoms with E-state index in [4.69, 9.17) is 0 Å². The van der Waals surface area contributed by atoms with Crippen molar-refractivity contribution < 1.29 is 4.79 Å². The number of aromatic nitrogens is 2. The number of carbonyl (C=O) groups excluding carboxylic acids is 1. The molecule has 1 aromatic heterocycles. The van der Waals surface area contributed by atoms with E-state index < -0.39 is 0 Å². The summed E-state index contributed by atoms with van der Waals surface area (Å²) in [6, 6.07) is 2.12. The molecule has 0 aliphatic heterocycles. The van der Waals surface area contributed by atoms with Gasteiger partial charge in [-0.2, -0.15) is 5.10 Å². The van der Waals surface area contributed by atoms with Crippen LogP contribution in [-0.4, -0.2) is 15.6 Å².